The van der Waals surface area contributed by atoms with Gasteiger partial charge in [0.25, 0.3) is 11.8 Å². The molecule has 2 heterocycles. The summed E-state index contributed by atoms with van der Waals surface area (Å²) in [6.45, 7) is 4.22. The fourth-order valence-corrected chi connectivity index (χ4v) is 3.71. The van der Waals surface area contributed by atoms with Crippen molar-refractivity contribution in [2.24, 2.45) is 0 Å². The third-order valence-corrected chi connectivity index (χ3v) is 5.32. The summed E-state index contributed by atoms with van der Waals surface area (Å²) >= 11 is 5.13. The zero-order valence-corrected chi connectivity index (χ0v) is 16.1. The maximum absolute atomic E-state index is 5.81. The first-order valence-electron chi connectivity index (χ1n) is 7.64. The molecule has 3 aromatic rings. The van der Waals surface area contributed by atoms with Gasteiger partial charge in [0.2, 0.25) is 0 Å². The normalized spacial score (nSPS) is 13.7. The Morgan fingerprint density at radius 1 is 1.21 bits per heavy atom. The number of rotatable bonds is 6. The molecule has 24 heavy (non-hydrogen) atoms. The lowest BCUT2D eigenvalue weighted by Gasteiger charge is -2.15. The summed E-state index contributed by atoms with van der Waals surface area (Å²) in [6, 6.07) is 10.4. The van der Waals surface area contributed by atoms with E-state index in [4.69, 9.17) is 9.15 Å². The fraction of sp³-hybridized carbons (Fsp3) is 0.294. The summed E-state index contributed by atoms with van der Waals surface area (Å²) < 4.78 is 12.0. The lowest BCUT2D eigenvalue weighted by molar-refractivity contribution is -0.730. The molecule has 126 valence electrons. The fourth-order valence-electron chi connectivity index (χ4n) is 2.51. The summed E-state index contributed by atoms with van der Waals surface area (Å²) in [5.41, 5.74) is 1.20. The van der Waals surface area contributed by atoms with E-state index in [1.54, 1.807) is 18.4 Å². The Labute approximate surface area is 153 Å². The average molecular weight is 409 g/mol. The molecule has 0 bridgehead atoms. The molecule has 0 aliphatic rings. The van der Waals surface area contributed by atoms with Gasteiger partial charge in [-0.3, -0.25) is 0 Å². The molecule has 0 spiro atoms. The number of aromatic nitrogens is 2. The molecular formula is C17H19BrN3O2S+. The van der Waals surface area contributed by atoms with Gasteiger partial charge in [0.15, 0.2) is 6.04 Å². The molecular weight excluding hydrogens is 390 g/mol. The third-order valence-electron chi connectivity index (χ3n) is 3.84. The van der Waals surface area contributed by atoms with Crippen molar-refractivity contribution in [1.82, 2.24) is 10.2 Å². The molecule has 0 aliphatic carbocycles. The molecule has 2 N–H and O–H groups in total. The van der Waals surface area contributed by atoms with Gasteiger partial charge >= 0.3 is 0 Å². The highest BCUT2D eigenvalue weighted by Gasteiger charge is 2.21. The number of nitrogens with two attached hydrogens (primary N) is 1. The highest BCUT2D eigenvalue weighted by Crippen LogP contribution is 2.28. The van der Waals surface area contributed by atoms with Crippen LogP contribution in [0, 0.1) is 0 Å². The quantitative estimate of drug-likeness (QED) is 0.670. The van der Waals surface area contributed by atoms with Gasteiger partial charge < -0.3 is 14.5 Å². The standard InChI is InChI=1S/C17H18BrN3O2S/c1-10(12-6-7-14(22-3)13(18)9-12)19-11(2)16-20-21-17(23-16)15-5-4-8-24-15/h4-11,19H,1-3H3/p+1/t10-,11+/m0/s1. The maximum atomic E-state index is 5.81. The van der Waals surface area contributed by atoms with Crippen molar-refractivity contribution in [3.63, 3.8) is 0 Å². The minimum Gasteiger partial charge on any atom is -0.496 e. The molecule has 0 fully saturated rings. The van der Waals surface area contributed by atoms with Gasteiger partial charge in [0, 0.05) is 5.56 Å². The number of ether oxygens (including phenoxy) is 1. The number of quaternary nitrogens is 1. The number of nitrogens with zero attached hydrogens (tertiary/aromatic N) is 2. The minimum absolute atomic E-state index is 0.0714. The van der Waals surface area contributed by atoms with E-state index in [0.717, 1.165) is 15.1 Å². The highest BCUT2D eigenvalue weighted by atomic mass is 79.9. The summed E-state index contributed by atoms with van der Waals surface area (Å²) in [5, 5.41) is 12.5. The Hall–Kier alpha value is -1.70. The number of thiophene rings is 1. The Balaban J connectivity index is 1.70. The van der Waals surface area contributed by atoms with Gasteiger partial charge in [0.1, 0.15) is 11.8 Å². The minimum atomic E-state index is 0.0714. The van der Waals surface area contributed by atoms with Crippen molar-refractivity contribution < 1.29 is 14.5 Å². The van der Waals surface area contributed by atoms with E-state index >= 15 is 0 Å². The Morgan fingerprint density at radius 2 is 2.04 bits per heavy atom. The first-order chi connectivity index (χ1) is 11.6. The van der Waals surface area contributed by atoms with Crippen LogP contribution in [0.4, 0.5) is 0 Å². The molecule has 0 aliphatic heterocycles. The molecule has 2 aromatic heterocycles. The summed E-state index contributed by atoms with van der Waals surface area (Å²) in [4.78, 5) is 0.994. The molecule has 7 heteroatoms. The van der Waals surface area contributed by atoms with Gasteiger partial charge in [-0.2, -0.15) is 0 Å². The third kappa shape index (κ3) is 3.68. The van der Waals surface area contributed by atoms with Crippen molar-refractivity contribution in [3.8, 4) is 16.5 Å². The predicted octanol–water partition coefficient (Wildman–Crippen LogP) is 3.95. The second-order valence-corrected chi connectivity index (χ2v) is 7.39. The first kappa shape index (κ1) is 17.1. The van der Waals surface area contributed by atoms with Gasteiger partial charge in [-0.25, -0.2) is 0 Å². The Kier molecular flexibility index (Phi) is 5.33. The first-order valence-corrected chi connectivity index (χ1v) is 9.31. The van der Waals surface area contributed by atoms with E-state index in [2.05, 4.69) is 57.4 Å². The van der Waals surface area contributed by atoms with Crippen LogP contribution >= 0.6 is 27.3 Å². The van der Waals surface area contributed by atoms with Crippen LogP contribution in [-0.2, 0) is 0 Å². The van der Waals surface area contributed by atoms with Crippen LogP contribution in [0.15, 0.2) is 44.6 Å². The van der Waals surface area contributed by atoms with E-state index in [-0.39, 0.29) is 12.1 Å². The van der Waals surface area contributed by atoms with Crippen molar-refractivity contribution in [3.05, 3.63) is 51.6 Å². The molecule has 0 saturated heterocycles. The molecule has 1 aromatic carbocycles. The highest BCUT2D eigenvalue weighted by molar-refractivity contribution is 9.10. The van der Waals surface area contributed by atoms with Crippen molar-refractivity contribution in [1.29, 1.82) is 0 Å². The van der Waals surface area contributed by atoms with Gasteiger partial charge in [-0.1, -0.05) is 6.07 Å². The number of benzene rings is 1. The average Bonchev–Trinajstić information content (AvgIpc) is 3.25. The summed E-state index contributed by atoms with van der Waals surface area (Å²) in [5.74, 6) is 2.05. The molecule has 5 nitrogen and oxygen atoms in total. The van der Waals surface area contributed by atoms with E-state index < -0.39 is 0 Å². The maximum Gasteiger partial charge on any atom is 0.274 e. The molecule has 3 rings (SSSR count). The molecule has 0 radical (unpaired) electrons. The van der Waals surface area contributed by atoms with E-state index in [0.29, 0.717) is 11.8 Å². The van der Waals surface area contributed by atoms with Crippen molar-refractivity contribution >= 4 is 27.3 Å². The van der Waals surface area contributed by atoms with Gasteiger partial charge in [0.05, 0.1) is 16.5 Å². The van der Waals surface area contributed by atoms with Crippen molar-refractivity contribution in [2.75, 3.05) is 7.11 Å². The van der Waals surface area contributed by atoms with Gasteiger partial charge in [-0.15, -0.1) is 21.5 Å². The second-order valence-electron chi connectivity index (χ2n) is 5.59. The van der Waals surface area contributed by atoms with Crippen LogP contribution in [-0.4, -0.2) is 17.3 Å². The van der Waals surface area contributed by atoms with Crippen LogP contribution in [0.1, 0.15) is 37.4 Å². The number of methoxy groups -OCH3 is 1. The van der Waals surface area contributed by atoms with E-state index in [1.807, 2.05) is 23.6 Å². The summed E-state index contributed by atoms with van der Waals surface area (Å²) in [7, 11) is 1.66. The lowest BCUT2D eigenvalue weighted by atomic mass is 10.1. The molecule has 0 amide bonds. The van der Waals surface area contributed by atoms with Crippen LogP contribution in [0.5, 0.6) is 5.75 Å². The van der Waals surface area contributed by atoms with Crippen LogP contribution in [0.2, 0.25) is 0 Å². The number of hydrogen-bond donors (Lipinski definition) is 1. The predicted molar refractivity (Wildman–Crippen MR) is 97.1 cm³/mol. The molecule has 0 unspecified atom stereocenters. The summed E-state index contributed by atoms with van der Waals surface area (Å²) in [6.07, 6.45) is 0. The number of halogens is 1. The molecule has 2 atom stereocenters. The van der Waals surface area contributed by atoms with Crippen LogP contribution in [0.3, 0.4) is 0 Å². The monoisotopic (exact) mass is 408 g/mol. The number of hydrogen-bond acceptors (Lipinski definition) is 5. The zero-order chi connectivity index (χ0) is 17.1. The molecule has 0 saturated carbocycles. The van der Waals surface area contributed by atoms with Gasteiger partial charge in [-0.05, 0) is 59.4 Å². The second kappa shape index (κ2) is 7.46. The van der Waals surface area contributed by atoms with E-state index in [9.17, 15) is 0 Å². The lowest BCUT2D eigenvalue weighted by Crippen LogP contribution is -2.85. The SMILES string of the molecule is COc1ccc([C@H](C)[NH2+][C@H](C)c2nnc(-c3cccs3)o2)cc1Br. The topological polar surface area (TPSA) is 64.8 Å². The zero-order valence-electron chi connectivity index (χ0n) is 13.7. The smallest absolute Gasteiger partial charge is 0.274 e. The van der Waals surface area contributed by atoms with Crippen LogP contribution < -0.4 is 10.1 Å². The Morgan fingerprint density at radius 3 is 2.71 bits per heavy atom. The van der Waals surface area contributed by atoms with Crippen LogP contribution in [0.25, 0.3) is 10.8 Å². The van der Waals surface area contributed by atoms with Crippen molar-refractivity contribution in [2.45, 2.75) is 25.9 Å². The van der Waals surface area contributed by atoms with E-state index in [1.165, 1.54) is 5.56 Å². The largest absolute Gasteiger partial charge is 0.496 e. The Bertz CT molecular complexity index is 804.